The van der Waals surface area contributed by atoms with E-state index < -0.39 is 0 Å². The molecule has 2 N–H and O–H groups in total. The predicted octanol–water partition coefficient (Wildman–Crippen LogP) is 3.52. The van der Waals surface area contributed by atoms with Gasteiger partial charge in [0.15, 0.2) is 0 Å². The van der Waals surface area contributed by atoms with Crippen molar-refractivity contribution in [2.24, 2.45) is 0 Å². The maximum atomic E-state index is 11.9. The van der Waals surface area contributed by atoms with Crippen LogP contribution in [0.2, 0.25) is 0 Å². The molecular formula is C13H16BrNO2. The fraction of sp³-hybridized carbons (Fsp3) is 0.462. The lowest BCUT2D eigenvalue weighted by atomic mass is 9.98. The van der Waals surface area contributed by atoms with Crippen molar-refractivity contribution in [2.45, 2.75) is 38.2 Å². The standard InChI is InChI=1S/C13H16BrNO2/c14-11-7-6-9(8-12(11)15)13(16)17-10-4-2-1-3-5-10/h6-8,10H,1-5,15H2. The SMILES string of the molecule is Nc1cc(C(=O)OC2CCCCC2)ccc1Br. The average Bonchev–Trinajstić information content (AvgIpc) is 2.34. The number of ether oxygens (including phenoxy) is 1. The third-order valence-electron chi connectivity index (χ3n) is 3.06. The molecule has 0 spiro atoms. The fourth-order valence-electron chi connectivity index (χ4n) is 2.07. The number of hydrogen-bond acceptors (Lipinski definition) is 3. The first kappa shape index (κ1) is 12.4. The van der Waals surface area contributed by atoms with Crippen molar-refractivity contribution >= 4 is 27.6 Å². The molecule has 0 unspecified atom stereocenters. The molecule has 4 heteroatoms. The summed E-state index contributed by atoms with van der Waals surface area (Å²) < 4.78 is 6.26. The zero-order valence-electron chi connectivity index (χ0n) is 9.62. The molecule has 0 bridgehead atoms. The van der Waals surface area contributed by atoms with Crippen molar-refractivity contribution in [3.63, 3.8) is 0 Å². The van der Waals surface area contributed by atoms with Crippen LogP contribution in [0.4, 0.5) is 5.69 Å². The topological polar surface area (TPSA) is 52.3 Å². The highest BCUT2D eigenvalue weighted by molar-refractivity contribution is 9.10. The molecule has 0 aliphatic heterocycles. The van der Waals surface area contributed by atoms with Gasteiger partial charge in [-0.3, -0.25) is 0 Å². The maximum Gasteiger partial charge on any atom is 0.338 e. The van der Waals surface area contributed by atoms with Gasteiger partial charge in [0.05, 0.1) is 5.56 Å². The summed E-state index contributed by atoms with van der Waals surface area (Å²) in [6, 6.07) is 5.15. The van der Waals surface area contributed by atoms with E-state index in [0.717, 1.165) is 30.2 Å². The first-order valence-electron chi connectivity index (χ1n) is 5.93. The van der Waals surface area contributed by atoms with Crippen LogP contribution in [-0.4, -0.2) is 12.1 Å². The quantitative estimate of drug-likeness (QED) is 0.671. The third-order valence-corrected chi connectivity index (χ3v) is 3.78. The molecule has 1 aliphatic rings. The van der Waals surface area contributed by atoms with Gasteiger partial charge in [0, 0.05) is 10.2 Å². The van der Waals surface area contributed by atoms with Crippen LogP contribution in [0.3, 0.4) is 0 Å². The lowest BCUT2D eigenvalue weighted by Gasteiger charge is -2.21. The van der Waals surface area contributed by atoms with Gasteiger partial charge in [0.2, 0.25) is 0 Å². The summed E-state index contributed by atoms with van der Waals surface area (Å²) in [4.78, 5) is 11.9. The van der Waals surface area contributed by atoms with E-state index in [2.05, 4.69) is 15.9 Å². The summed E-state index contributed by atoms with van der Waals surface area (Å²) in [5.41, 5.74) is 6.82. The van der Waals surface area contributed by atoms with E-state index in [1.54, 1.807) is 18.2 Å². The van der Waals surface area contributed by atoms with Gasteiger partial charge in [-0.15, -0.1) is 0 Å². The smallest absolute Gasteiger partial charge is 0.338 e. The highest BCUT2D eigenvalue weighted by atomic mass is 79.9. The number of rotatable bonds is 2. The summed E-state index contributed by atoms with van der Waals surface area (Å²) in [6.07, 6.45) is 5.61. The largest absolute Gasteiger partial charge is 0.459 e. The molecule has 1 fully saturated rings. The van der Waals surface area contributed by atoms with E-state index in [-0.39, 0.29) is 12.1 Å². The van der Waals surface area contributed by atoms with E-state index in [1.165, 1.54) is 6.42 Å². The van der Waals surface area contributed by atoms with Crippen molar-refractivity contribution < 1.29 is 9.53 Å². The Balaban J connectivity index is 2.01. The zero-order chi connectivity index (χ0) is 12.3. The van der Waals surface area contributed by atoms with Gasteiger partial charge in [0.25, 0.3) is 0 Å². The molecule has 0 amide bonds. The number of anilines is 1. The second kappa shape index (κ2) is 5.54. The van der Waals surface area contributed by atoms with Crippen LogP contribution in [0.25, 0.3) is 0 Å². The van der Waals surface area contributed by atoms with Crippen LogP contribution in [0.15, 0.2) is 22.7 Å². The summed E-state index contributed by atoms with van der Waals surface area (Å²) in [7, 11) is 0. The number of benzene rings is 1. The number of halogens is 1. The Labute approximate surface area is 109 Å². The van der Waals surface area contributed by atoms with Gasteiger partial charge in [-0.2, -0.15) is 0 Å². The molecule has 1 aromatic rings. The minimum atomic E-state index is -0.267. The number of carbonyl (C=O) groups excluding carboxylic acids is 1. The molecule has 0 aromatic heterocycles. The van der Waals surface area contributed by atoms with Gasteiger partial charge in [-0.1, -0.05) is 6.42 Å². The number of nitrogen functional groups attached to an aromatic ring is 1. The summed E-state index contributed by atoms with van der Waals surface area (Å²) in [5.74, 6) is -0.267. The van der Waals surface area contributed by atoms with Crippen molar-refractivity contribution in [3.8, 4) is 0 Å². The van der Waals surface area contributed by atoms with E-state index in [1.807, 2.05) is 0 Å². The lowest BCUT2D eigenvalue weighted by molar-refractivity contribution is 0.0211. The third kappa shape index (κ3) is 3.22. The Kier molecular flexibility index (Phi) is 4.05. The number of carbonyl (C=O) groups is 1. The normalized spacial score (nSPS) is 16.8. The molecule has 0 heterocycles. The first-order chi connectivity index (χ1) is 8.16. The van der Waals surface area contributed by atoms with E-state index in [4.69, 9.17) is 10.5 Å². The van der Waals surface area contributed by atoms with Crippen molar-refractivity contribution in [1.29, 1.82) is 0 Å². The minimum absolute atomic E-state index is 0.0844. The maximum absolute atomic E-state index is 11.9. The molecule has 0 radical (unpaired) electrons. The van der Waals surface area contributed by atoms with Crippen LogP contribution >= 0.6 is 15.9 Å². The molecule has 0 saturated heterocycles. The molecule has 2 rings (SSSR count). The minimum Gasteiger partial charge on any atom is -0.459 e. The van der Waals surface area contributed by atoms with Gasteiger partial charge >= 0.3 is 5.97 Å². The predicted molar refractivity (Wildman–Crippen MR) is 70.8 cm³/mol. The monoisotopic (exact) mass is 297 g/mol. The average molecular weight is 298 g/mol. The van der Waals surface area contributed by atoms with Crippen molar-refractivity contribution in [1.82, 2.24) is 0 Å². The summed E-state index contributed by atoms with van der Waals surface area (Å²) >= 11 is 3.30. The van der Waals surface area contributed by atoms with Gasteiger partial charge in [0.1, 0.15) is 6.10 Å². The Morgan fingerprint density at radius 2 is 2.00 bits per heavy atom. The van der Waals surface area contributed by atoms with Crippen LogP contribution in [-0.2, 0) is 4.74 Å². The molecule has 3 nitrogen and oxygen atoms in total. The number of nitrogens with two attached hydrogens (primary N) is 1. The fourth-order valence-corrected chi connectivity index (χ4v) is 2.32. The lowest BCUT2D eigenvalue weighted by Crippen LogP contribution is -2.21. The van der Waals surface area contributed by atoms with Gasteiger partial charge in [-0.05, 0) is 59.8 Å². The number of esters is 1. The van der Waals surface area contributed by atoms with Gasteiger partial charge in [-0.25, -0.2) is 4.79 Å². The van der Waals surface area contributed by atoms with Crippen molar-refractivity contribution in [3.05, 3.63) is 28.2 Å². The Hall–Kier alpha value is -1.03. The van der Waals surface area contributed by atoms with E-state index in [9.17, 15) is 4.79 Å². The van der Waals surface area contributed by atoms with Crippen LogP contribution < -0.4 is 5.73 Å². The molecule has 1 saturated carbocycles. The van der Waals surface area contributed by atoms with Crippen LogP contribution in [0.5, 0.6) is 0 Å². The molecule has 0 atom stereocenters. The van der Waals surface area contributed by atoms with Crippen LogP contribution in [0.1, 0.15) is 42.5 Å². The van der Waals surface area contributed by atoms with Crippen LogP contribution in [0, 0.1) is 0 Å². The Bertz CT molecular complexity index is 414. The second-order valence-electron chi connectivity index (χ2n) is 4.40. The Morgan fingerprint density at radius 1 is 1.29 bits per heavy atom. The van der Waals surface area contributed by atoms with Crippen molar-refractivity contribution in [2.75, 3.05) is 5.73 Å². The number of hydrogen-bond donors (Lipinski definition) is 1. The highest BCUT2D eigenvalue weighted by Gasteiger charge is 2.18. The van der Waals surface area contributed by atoms with E-state index >= 15 is 0 Å². The zero-order valence-corrected chi connectivity index (χ0v) is 11.2. The molecule has 1 aliphatic carbocycles. The Morgan fingerprint density at radius 3 is 2.65 bits per heavy atom. The molecular weight excluding hydrogens is 282 g/mol. The highest BCUT2D eigenvalue weighted by Crippen LogP contribution is 2.24. The van der Waals surface area contributed by atoms with E-state index in [0.29, 0.717) is 11.3 Å². The molecule has 1 aromatic carbocycles. The molecule has 92 valence electrons. The summed E-state index contributed by atoms with van der Waals surface area (Å²) in [5, 5.41) is 0. The summed E-state index contributed by atoms with van der Waals surface area (Å²) in [6.45, 7) is 0. The van der Waals surface area contributed by atoms with Gasteiger partial charge < -0.3 is 10.5 Å². The second-order valence-corrected chi connectivity index (χ2v) is 5.26. The first-order valence-corrected chi connectivity index (χ1v) is 6.72. The molecule has 17 heavy (non-hydrogen) atoms.